The van der Waals surface area contributed by atoms with Gasteiger partial charge in [-0.15, -0.1) is 0 Å². The molecule has 2 aromatic carbocycles. The highest BCUT2D eigenvalue weighted by atomic mass is 16.5. The van der Waals surface area contributed by atoms with E-state index in [1.807, 2.05) is 12.1 Å². The third-order valence-corrected chi connectivity index (χ3v) is 3.81. The molecular formula is C19H19N5O3. The third-order valence-electron chi connectivity index (χ3n) is 3.81. The highest BCUT2D eigenvalue weighted by Gasteiger charge is 2.11. The summed E-state index contributed by atoms with van der Waals surface area (Å²) in [5.74, 6) is 0.0536. The number of hydrogen-bond acceptors (Lipinski definition) is 5. The number of anilines is 2. The van der Waals surface area contributed by atoms with Gasteiger partial charge in [0.05, 0.1) is 25.0 Å². The van der Waals surface area contributed by atoms with Crippen molar-refractivity contribution < 1.29 is 14.3 Å². The fraction of sp³-hybridized carbons (Fsp3) is 0.158. The lowest BCUT2D eigenvalue weighted by Gasteiger charge is -2.13. The van der Waals surface area contributed by atoms with Crippen LogP contribution >= 0.6 is 0 Å². The van der Waals surface area contributed by atoms with Gasteiger partial charge in [0.1, 0.15) is 18.4 Å². The number of nitrogens with zero attached hydrogens (tertiary/aromatic N) is 3. The maximum Gasteiger partial charge on any atom is 0.255 e. The van der Waals surface area contributed by atoms with E-state index in [4.69, 9.17) is 4.74 Å². The van der Waals surface area contributed by atoms with E-state index >= 15 is 0 Å². The fourth-order valence-electron chi connectivity index (χ4n) is 2.51. The summed E-state index contributed by atoms with van der Waals surface area (Å²) in [6.07, 6.45) is 3.11. The van der Waals surface area contributed by atoms with Crippen molar-refractivity contribution in [1.82, 2.24) is 14.8 Å². The van der Waals surface area contributed by atoms with E-state index in [-0.39, 0.29) is 11.8 Å². The van der Waals surface area contributed by atoms with Crippen LogP contribution in [0.5, 0.6) is 5.75 Å². The molecule has 0 unspecified atom stereocenters. The maximum atomic E-state index is 12.6. The van der Waals surface area contributed by atoms with Gasteiger partial charge in [-0.3, -0.25) is 9.59 Å². The van der Waals surface area contributed by atoms with E-state index in [0.717, 1.165) is 5.56 Å². The lowest BCUT2D eigenvalue weighted by Crippen LogP contribution is -2.15. The molecule has 8 nitrogen and oxygen atoms in total. The van der Waals surface area contributed by atoms with Crippen LogP contribution in [0.1, 0.15) is 22.8 Å². The van der Waals surface area contributed by atoms with Crippen molar-refractivity contribution in [3.05, 3.63) is 66.2 Å². The van der Waals surface area contributed by atoms with Crippen molar-refractivity contribution in [2.45, 2.75) is 13.5 Å². The molecule has 2 N–H and O–H groups in total. The van der Waals surface area contributed by atoms with Crippen molar-refractivity contribution in [3.8, 4) is 5.75 Å². The molecule has 1 aromatic heterocycles. The zero-order valence-electron chi connectivity index (χ0n) is 15.0. The Kier molecular flexibility index (Phi) is 5.46. The normalized spacial score (nSPS) is 10.3. The summed E-state index contributed by atoms with van der Waals surface area (Å²) in [6.45, 7) is 1.98. The average molecular weight is 365 g/mol. The minimum Gasteiger partial charge on any atom is -0.497 e. The van der Waals surface area contributed by atoms with Gasteiger partial charge in [-0.2, -0.15) is 5.10 Å². The smallest absolute Gasteiger partial charge is 0.255 e. The van der Waals surface area contributed by atoms with Crippen LogP contribution in [0, 0.1) is 0 Å². The van der Waals surface area contributed by atoms with Gasteiger partial charge in [-0.1, -0.05) is 12.1 Å². The highest BCUT2D eigenvalue weighted by molar-refractivity contribution is 6.07. The second-order valence-electron chi connectivity index (χ2n) is 5.84. The van der Waals surface area contributed by atoms with E-state index in [9.17, 15) is 9.59 Å². The van der Waals surface area contributed by atoms with Crippen LogP contribution in [0.4, 0.5) is 11.4 Å². The SMILES string of the molecule is COc1ccc(NC(C)=O)c(NC(=O)c2ccc(Cn3cncn3)cc2)c1. The Balaban J connectivity index is 1.75. The van der Waals surface area contributed by atoms with E-state index in [1.165, 1.54) is 20.4 Å². The molecule has 3 aromatic rings. The first-order chi connectivity index (χ1) is 13.0. The van der Waals surface area contributed by atoms with Crippen LogP contribution in [0.2, 0.25) is 0 Å². The van der Waals surface area contributed by atoms with Gasteiger partial charge in [0.2, 0.25) is 5.91 Å². The summed E-state index contributed by atoms with van der Waals surface area (Å²) in [4.78, 5) is 27.9. The second-order valence-corrected chi connectivity index (χ2v) is 5.84. The lowest BCUT2D eigenvalue weighted by atomic mass is 10.1. The van der Waals surface area contributed by atoms with E-state index in [2.05, 4.69) is 20.7 Å². The first-order valence-electron chi connectivity index (χ1n) is 8.23. The number of hydrogen-bond donors (Lipinski definition) is 2. The highest BCUT2D eigenvalue weighted by Crippen LogP contribution is 2.27. The quantitative estimate of drug-likeness (QED) is 0.699. The zero-order valence-corrected chi connectivity index (χ0v) is 15.0. The Morgan fingerprint density at radius 1 is 1.07 bits per heavy atom. The summed E-state index contributed by atoms with van der Waals surface area (Å²) in [5.41, 5.74) is 2.45. The Hall–Kier alpha value is -3.68. The number of ether oxygens (including phenoxy) is 1. The first-order valence-corrected chi connectivity index (χ1v) is 8.23. The summed E-state index contributed by atoms with van der Waals surface area (Å²) < 4.78 is 6.89. The number of amides is 2. The lowest BCUT2D eigenvalue weighted by molar-refractivity contribution is -0.114. The molecule has 1 heterocycles. The van der Waals surface area contributed by atoms with Gasteiger partial charge in [0, 0.05) is 18.6 Å². The number of benzene rings is 2. The fourth-order valence-corrected chi connectivity index (χ4v) is 2.51. The number of nitrogens with one attached hydrogen (secondary N) is 2. The minimum absolute atomic E-state index is 0.229. The predicted octanol–water partition coefficient (Wildman–Crippen LogP) is 2.55. The van der Waals surface area contributed by atoms with Crippen LogP contribution in [-0.2, 0) is 11.3 Å². The molecule has 0 fully saturated rings. The van der Waals surface area contributed by atoms with Crippen molar-refractivity contribution in [2.24, 2.45) is 0 Å². The molecule has 0 saturated heterocycles. The Labute approximate surface area is 156 Å². The molecule has 27 heavy (non-hydrogen) atoms. The van der Waals surface area contributed by atoms with Gasteiger partial charge >= 0.3 is 0 Å². The summed E-state index contributed by atoms with van der Waals surface area (Å²) in [6, 6.07) is 12.2. The predicted molar refractivity (Wildman–Crippen MR) is 101 cm³/mol. The van der Waals surface area contributed by atoms with Crippen molar-refractivity contribution >= 4 is 23.2 Å². The Morgan fingerprint density at radius 3 is 2.48 bits per heavy atom. The molecule has 0 spiro atoms. The van der Waals surface area contributed by atoms with Crippen molar-refractivity contribution in [2.75, 3.05) is 17.7 Å². The molecule has 8 heteroatoms. The number of aromatic nitrogens is 3. The molecule has 3 rings (SSSR count). The van der Waals surface area contributed by atoms with Crippen molar-refractivity contribution in [3.63, 3.8) is 0 Å². The molecule has 138 valence electrons. The second kappa shape index (κ2) is 8.13. The standard InChI is InChI=1S/C19H19N5O3/c1-13(25)22-17-8-7-16(27-2)9-18(17)23-19(26)15-5-3-14(4-6-15)10-24-12-20-11-21-24/h3-9,11-12H,10H2,1-2H3,(H,22,25)(H,23,26). The monoisotopic (exact) mass is 365 g/mol. The molecule has 0 aliphatic heterocycles. The van der Waals surface area contributed by atoms with Crippen LogP contribution in [0.3, 0.4) is 0 Å². The molecule has 0 aliphatic carbocycles. The van der Waals surface area contributed by atoms with Gasteiger partial charge in [-0.05, 0) is 29.8 Å². The molecule has 0 saturated carbocycles. The number of methoxy groups -OCH3 is 1. The zero-order chi connectivity index (χ0) is 19.2. The van der Waals surface area contributed by atoms with Gasteiger partial charge in [-0.25, -0.2) is 9.67 Å². The van der Waals surface area contributed by atoms with Crippen LogP contribution in [-0.4, -0.2) is 33.7 Å². The van der Waals surface area contributed by atoms with Crippen molar-refractivity contribution in [1.29, 1.82) is 0 Å². The van der Waals surface area contributed by atoms with E-state index in [1.54, 1.807) is 41.3 Å². The Morgan fingerprint density at radius 2 is 1.85 bits per heavy atom. The number of carbonyl (C=O) groups excluding carboxylic acids is 2. The Bertz CT molecular complexity index is 936. The molecule has 0 aliphatic rings. The average Bonchev–Trinajstić information content (AvgIpc) is 3.16. The summed E-state index contributed by atoms with van der Waals surface area (Å²) in [7, 11) is 1.53. The number of rotatable bonds is 6. The van der Waals surface area contributed by atoms with Crippen LogP contribution < -0.4 is 15.4 Å². The van der Waals surface area contributed by atoms with E-state index in [0.29, 0.717) is 29.2 Å². The summed E-state index contributed by atoms with van der Waals surface area (Å²) >= 11 is 0. The topological polar surface area (TPSA) is 98.1 Å². The first kappa shape index (κ1) is 18.1. The molecule has 2 amide bonds. The van der Waals surface area contributed by atoms with E-state index < -0.39 is 0 Å². The van der Waals surface area contributed by atoms with Gasteiger partial charge in [0.25, 0.3) is 5.91 Å². The third kappa shape index (κ3) is 4.69. The minimum atomic E-state index is -0.290. The maximum absolute atomic E-state index is 12.6. The molecule has 0 atom stereocenters. The summed E-state index contributed by atoms with van der Waals surface area (Å²) in [5, 5.41) is 9.56. The van der Waals surface area contributed by atoms with Gasteiger partial charge in [0.15, 0.2) is 0 Å². The van der Waals surface area contributed by atoms with Crippen LogP contribution in [0.25, 0.3) is 0 Å². The molecule has 0 radical (unpaired) electrons. The number of carbonyl (C=O) groups is 2. The van der Waals surface area contributed by atoms with Crippen LogP contribution in [0.15, 0.2) is 55.1 Å². The molecular weight excluding hydrogens is 346 g/mol. The van der Waals surface area contributed by atoms with Gasteiger partial charge < -0.3 is 15.4 Å². The largest absolute Gasteiger partial charge is 0.497 e. The molecule has 0 bridgehead atoms.